The van der Waals surface area contributed by atoms with Crippen molar-refractivity contribution in [2.24, 2.45) is 0 Å². The first-order valence-electron chi connectivity index (χ1n) is 8.65. The molecule has 2 aromatic heterocycles. The summed E-state index contributed by atoms with van der Waals surface area (Å²) in [5.41, 5.74) is 2.40. The van der Waals surface area contributed by atoms with Crippen LogP contribution in [0.4, 0.5) is 0 Å². The Morgan fingerprint density at radius 1 is 1.00 bits per heavy atom. The summed E-state index contributed by atoms with van der Waals surface area (Å²) in [6, 6.07) is 11.5. The molecular weight excluding hydrogens is 362 g/mol. The van der Waals surface area contributed by atoms with Crippen LogP contribution in [0.15, 0.2) is 46.6 Å². The van der Waals surface area contributed by atoms with Crippen LogP contribution in [0, 0.1) is 0 Å². The molecule has 0 saturated carbocycles. The van der Waals surface area contributed by atoms with Crippen LogP contribution in [0.5, 0.6) is 0 Å². The number of carbonyl (C=O) groups is 1. The van der Waals surface area contributed by atoms with Crippen LogP contribution >= 0.6 is 11.8 Å². The molecule has 0 atom stereocenters. The van der Waals surface area contributed by atoms with Crippen LogP contribution in [0.25, 0.3) is 5.69 Å². The van der Waals surface area contributed by atoms with Gasteiger partial charge in [0.1, 0.15) is 5.03 Å². The minimum atomic E-state index is -0.246. The Kier molecular flexibility index (Phi) is 5.80. The third kappa shape index (κ3) is 4.68. The molecule has 0 unspecified atom stereocenters. The maximum Gasteiger partial charge on any atom is 0.271 e. The van der Waals surface area contributed by atoms with E-state index < -0.39 is 0 Å². The second-order valence-electron chi connectivity index (χ2n) is 6.61. The van der Waals surface area contributed by atoms with E-state index in [0.29, 0.717) is 16.1 Å². The number of hydrogen-bond acceptors (Lipinski definition) is 7. The van der Waals surface area contributed by atoms with Crippen molar-refractivity contribution >= 4 is 17.7 Å². The highest BCUT2D eigenvalue weighted by atomic mass is 32.2. The largest absolute Gasteiger partial charge is 0.348 e. The Morgan fingerprint density at radius 3 is 2.33 bits per heavy atom. The Morgan fingerprint density at radius 2 is 1.74 bits per heavy atom. The van der Waals surface area contributed by atoms with Crippen molar-refractivity contribution in [2.75, 3.05) is 0 Å². The summed E-state index contributed by atoms with van der Waals surface area (Å²) in [6.45, 7) is 8.08. The Bertz CT molecular complexity index is 904. The Hall–Kier alpha value is -2.81. The highest BCUT2D eigenvalue weighted by Gasteiger charge is 2.14. The van der Waals surface area contributed by atoms with E-state index in [-0.39, 0.29) is 17.6 Å². The molecule has 2 heterocycles. The molecule has 0 radical (unpaired) electrons. The van der Waals surface area contributed by atoms with E-state index in [1.54, 1.807) is 16.8 Å². The molecule has 0 aliphatic rings. The lowest BCUT2D eigenvalue weighted by Crippen LogP contribution is -2.30. The van der Waals surface area contributed by atoms with Crippen LogP contribution in [0.2, 0.25) is 0 Å². The maximum absolute atomic E-state index is 11.9. The number of nitrogens with zero attached hydrogens (tertiary/aromatic N) is 6. The van der Waals surface area contributed by atoms with Gasteiger partial charge in [0.25, 0.3) is 5.91 Å². The number of aromatic nitrogens is 6. The average molecular weight is 383 g/mol. The van der Waals surface area contributed by atoms with Crippen LogP contribution < -0.4 is 5.32 Å². The molecule has 3 rings (SSSR count). The molecule has 0 aliphatic heterocycles. The number of nitrogens with one attached hydrogen (secondary N) is 1. The van der Waals surface area contributed by atoms with Crippen LogP contribution in [-0.2, 0) is 0 Å². The lowest BCUT2D eigenvalue weighted by atomic mass is 10.0. The first-order chi connectivity index (χ1) is 12.9. The number of benzene rings is 1. The summed E-state index contributed by atoms with van der Waals surface area (Å²) in [7, 11) is 0. The lowest BCUT2D eigenvalue weighted by molar-refractivity contribution is 0.0937. The zero-order chi connectivity index (χ0) is 19.4. The second-order valence-corrected chi connectivity index (χ2v) is 7.59. The molecule has 0 saturated heterocycles. The summed E-state index contributed by atoms with van der Waals surface area (Å²) in [4.78, 5) is 11.9. The smallest absolute Gasteiger partial charge is 0.271 e. The zero-order valence-electron chi connectivity index (χ0n) is 15.6. The molecule has 0 bridgehead atoms. The molecule has 140 valence electrons. The van der Waals surface area contributed by atoms with Crippen molar-refractivity contribution < 1.29 is 4.79 Å². The summed E-state index contributed by atoms with van der Waals surface area (Å²) >= 11 is 1.28. The number of tetrazole rings is 1. The zero-order valence-corrected chi connectivity index (χ0v) is 16.4. The number of carbonyl (C=O) groups excluding carboxylic acids is 1. The molecule has 1 amide bonds. The van der Waals surface area contributed by atoms with Gasteiger partial charge in [-0.25, -0.2) is 0 Å². The number of rotatable bonds is 6. The van der Waals surface area contributed by atoms with Gasteiger partial charge in [-0.15, -0.1) is 15.3 Å². The number of amides is 1. The van der Waals surface area contributed by atoms with Crippen molar-refractivity contribution in [3.8, 4) is 5.69 Å². The van der Waals surface area contributed by atoms with E-state index >= 15 is 0 Å². The summed E-state index contributed by atoms with van der Waals surface area (Å²) in [6.07, 6.45) is 0. The van der Waals surface area contributed by atoms with Gasteiger partial charge in [-0.1, -0.05) is 26.0 Å². The van der Waals surface area contributed by atoms with Gasteiger partial charge >= 0.3 is 0 Å². The molecule has 3 aromatic rings. The van der Waals surface area contributed by atoms with Crippen LogP contribution in [-0.4, -0.2) is 42.4 Å². The van der Waals surface area contributed by atoms with Gasteiger partial charge < -0.3 is 5.32 Å². The second kappa shape index (κ2) is 8.26. The van der Waals surface area contributed by atoms with E-state index in [9.17, 15) is 4.79 Å². The molecule has 27 heavy (non-hydrogen) atoms. The third-order valence-electron chi connectivity index (χ3n) is 3.73. The predicted octanol–water partition coefficient (Wildman–Crippen LogP) is 2.87. The van der Waals surface area contributed by atoms with Gasteiger partial charge in [0.2, 0.25) is 5.16 Å². The summed E-state index contributed by atoms with van der Waals surface area (Å²) < 4.78 is 1.65. The molecule has 0 fully saturated rings. The molecule has 9 heteroatoms. The molecule has 1 aromatic carbocycles. The fourth-order valence-electron chi connectivity index (χ4n) is 2.33. The minimum Gasteiger partial charge on any atom is -0.348 e. The van der Waals surface area contributed by atoms with Gasteiger partial charge in [0, 0.05) is 6.04 Å². The van der Waals surface area contributed by atoms with Crippen molar-refractivity contribution in [3.05, 3.63) is 47.7 Å². The monoisotopic (exact) mass is 383 g/mol. The lowest BCUT2D eigenvalue weighted by Gasteiger charge is -2.08. The van der Waals surface area contributed by atoms with Gasteiger partial charge in [-0.2, -0.15) is 4.68 Å². The third-order valence-corrected chi connectivity index (χ3v) is 4.60. The molecular formula is C18H21N7OS. The fraction of sp³-hybridized carbons (Fsp3) is 0.333. The Labute approximate surface area is 161 Å². The maximum atomic E-state index is 11.9. The molecule has 0 spiro atoms. The van der Waals surface area contributed by atoms with Crippen molar-refractivity contribution in [1.29, 1.82) is 0 Å². The Balaban J connectivity index is 1.75. The van der Waals surface area contributed by atoms with Gasteiger partial charge in [0.15, 0.2) is 5.69 Å². The predicted molar refractivity (Wildman–Crippen MR) is 102 cm³/mol. The number of hydrogen-bond donors (Lipinski definition) is 1. The van der Waals surface area contributed by atoms with Gasteiger partial charge in [-0.3, -0.25) is 4.79 Å². The van der Waals surface area contributed by atoms with Crippen molar-refractivity contribution in [3.63, 3.8) is 0 Å². The first-order valence-corrected chi connectivity index (χ1v) is 9.47. The normalized spacial score (nSPS) is 11.2. The molecule has 1 N–H and O–H groups in total. The standard InChI is InChI=1S/C18H21N7OS/c1-11(2)13-5-7-14(8-6-13)25-18(22-23-24-25)27-16-10-9-15(20-21-16)17(26)19-12(3)4/h5-12H,1-4H3,(H,19,26). The highest BCUT2D eigenvalue weighted by Crippen LogP contribution is 2.25. The van der Waals surface area contributed by atoms with E-state index in [1.807, 2.05) is 26.0 Å². The van der Waals surface area contributed by atoms with E-state index in [0.717, 1.165) is 5.69 Å². The topological polar surface area (TPSA) is 98.5 Å². The van der Waals surface area contributed by atoms with E-state index in [2.05, 4.69) is 57.0 Å². The molecule has 0 aliphatic carbocycles. The van der Waals surface area contributed by atoms with Crippen molar-refractivity contribution in [1.82, 2.24) is 35.7 Å². The van der Waals surface area contributed by atoms with E-state index in [4.69, 9.17) is 0 Å². The summed E-state index contributed by atoms with van der Waals surface area (Å²) in [5.74, 6) is 0.215. The van der Waals surface area contributed by atoms with Gasteiger partial charge in [0.05, 0.1) is 5.69 Å². The average Bonchev–Trinajstić information content (AvgIpc) is 3.10. The minimum absolute atomic E-state index is 0.0417. The van der Waals surface area contributed by atoms with Crippen LogP contribution in [0.3, 0.4) is 0 Å². The fourth-order valence-corrected chi connectivity index (χ4v) is 3.04. The molecule has 8 nitrogen and oxygen atoms in total. The van der Waals surface area contributed by atoms with Crippen molar-refractivity contribution in [2.45, 2.75) is 49.8 Å². The van der Waals surface area contributed by atoms with Gasteiger partial charge in [-0.05, 0) is 71.8 Å². The first kappa shape index (κ1) is 19.0. The SMILES string of the molecule is CC(C)NC(=O)c1ccc(Sc2nnnn2-c2ccc(C(C)C)cc2)nn1. The highest BCUT2D eigenvalue weighted by molar-refractivity contribution is 7.99. The van der Waals surface area contributed by atoms with E-state index in [1.165, 1.54) is 17.3 Å². The quantitative estimate of drug-likeness (QED) is 0.699. The van der Waals surface area contributed by atoms with Crippen LogP contribution in [0.1, 0.15) is 49.7 Å². The summed E-state index contributed by atoms with van der Waals surface area (Å²) in [5, 5.41) is 23.9.